The molecule has 5 nitrogen and oxygen atoms in total. The maximum atomic E-state index is 13.2. The molecule has 7 heteroatoms. The molecule has 0 N–H and O–H groups in total. The molecule has 1 aliphatic rings. The van der Waals surface area contributed by atoms with Crippen molar-refractivity contribution in [2.45, 2.75) is 25.7 Å². The van der Waals surface area contributed by atoms with Crippen molar-refractivity contribution in [3.05, 3.63) is 52.0 Å². The number of methoxy groups -OCH3 is 1. The van der Waals surface area contributed by atoms with Crippen molar-refractivity contribution in [3.8, 4) is 5.75 Å². The summed E-state index contributed by atoms with van der Waals surface area (Å²) in [5.41, 5.74) is 3.72. The largest absolute Gasteiger partial charge is 0.496 e. The highest BCUT2D eigenvalue weighted by Crippen LogP contribution is 2.30. The van der Waals surface area contributed by atoms with Crippen LogP contribution in [-0.2, 0) is 10.0 Å². The second kappa shape index (κ2) is 7.70. The summed E-state index contributed by atoms with van der Waals surface area (Å²) in [4.78, 5) is 2.55. The van der Waals surface area contributed by atoms with E-state index >= 15 is 0 Å². The Hall–Kier alpha value is -1.76. The summed E-state index contributed by atoms with van der Waals surface area (Å²) in [6, 6.07) is 9.29. The van der Waals surface area contributed by atoms with E-state index in [1.807, 2.05) is 32.0 Å². The Morgan fingerprint density at radius 3 is 2.22 bits per heavy atom. The molecule has 1 aliphatic heterocycles. The third kappa shape index (κ3) is 3.93. The summed E-state index contributed by atoms with van der Waals surface area (Å²) in [5.74, 6) is 0.702. The lowest BCUT2D eigenvalue weighted by Crippen LogP contribution is -2.49. The summed E-state index contributed by atoms with van der Waals surface area (Å²) in [6.07, 6.45) is 0. The standard InChI is InChI=1S/C20H25ClN2O3S/c1-14-5-6-17(21)13-18(14)22-7-9-23(10-8-22)27(24,25)20-12-15(2)19(26-4)11-16(20)3/h5-6,11-13H,7-10H2,1-4H3. The number of aryl methyl sites for hydroxylation is 3. The van der Waals surface area contributed by atoms with Crippen LogP contribution >= 0.6 is 11.6 Å². The number of hydrogen-bond acceptors (Lipinski definition) is 4. The highest BCUT2D eigenvalue weighted by molar-refractivity contribution is 7.89. The van der Waals surface area contributed by atoms with E-state index in [9.17, 15) is 8.42 Å². The highest BCUT2D eigenvalue weighted by atomic mass is 35.5. The molecule has 1 saturated heterocycles. The number of benzene rings is 2. The molecule has 1 fully saturated rings. The van der Waals surface area contributed by atoms with Crippen molar-refractivity contribution in [1.29, 1.82) is 0 Å². The van der Waals surface area contributed by atoms with Gasteiger partial charge in [-0.2, -0.15) is 4.31 Å². The van der Waals surface area contributed by atoms with Gasteiger partial charge >= 0.3 is 0 Å². The molecule has 27 heavy (non-hydrogen) atoms. The van der Waals surface area contributed by atoms with Gasteiger partial charge in [0.05, 0.1) is 12.0 Å². The smallest absolute Gasteiger partial charge is 0.243 e. The second-order valence-electron chi connectivity index (χ2n) is 6.91. The topological polar surface area (TPSA) is 49.9 Å². The fourth-order valence-electron chi connectivity index (χ4n) is 3.49. The summed E-state index contributed by atoms with van der Waals surface area (Å²) >= 11 is 6.13. The van der Waals surface area contributed by atoms with Crippen LogP contribution in [0.2, 0.25) is 5.02 Å². The van der Waals surface area contributed by atoms with Gasteiger partial charge in [-0.25, -0.2) is 8.42 Å². The van der Waals surface area contributed by atoms with E-state index in [4.69, 9.17) is 16.3 Å². The molecule has 3 rings (SSSR count). The van der Waals surface area contributed by atoms with Crippen LogP contribution in [0.3, 0.4) is 0 Å². The van der Waals surface area contributed by atoms with E-state index in [2.05, 4.69) is 4.90 Å². The van der Waals surface area contributed by atoms with Gasteiger partial charge in [0.2, 0.25) is 10.0 Å². The van der Waals surface area contributed by atoms with Crippen LogP contribution < -0.4 is 9.64 Å². The van der Waals surface area contributed by atoms with Gasteiger partial charge in [0, 0.05) is 36.9 Å². The van der Waals surface area contributed by atoms with Gasteiger partial charge in [-0.05, 0) is 61.7 Å². The number of sulfonamides is 1. The van der Waals surface area contributed by atoms with Crippen LogP contribution in [0.4, 0.5) is 5.69 Å². The Bertz CT molecular complexity index is 952. The fourth-order valence-corrected chi connectivity index (χ4v) is 5.37. The molecule has 0 aromatic heterocycles. The number of nitrogens with zero attached hydrogens (tertiary/aromatic N) is 2. The number of rotatable bonds is 4. The lowest BCUT2D eigenvalue weighted by atomic mass is 10.1. The molecule has 1 heterocycles. The van der Waals surface area contributed by atoms with Crippen LogP contribution in [0, 0.1) is 20.8 Å². The van der Waals surface area contributed by atoms with Crippen molar-refractivity contribution in [2.24, 2.45) is 0 Å². The van der Waals surface area contributed by atoms with E-state index in [0.717, 1.165) is 16.8 Å². The third-order valence-corrected chi connectivity index (χ3v) is 7.34. The molecule has 0 radical (unpaired) electrons. The van der Waals surface area contributed by atoms with Gasteiger partial charge < -0.3 is 9.64 Å². The van der Waals surface area contributed by atoms with Crippen molar-refractivity contribution < 1.29 is 13.2 Å². The van der Waals surface area contributed by atoms with E-state index < -0.39 is 10.0 Å². The van der Waals surface area contributed by atoms with Crippen molar-refractivity contribution in [3.63, 3.8) is 0 Å². The fraction of sp³-hybridized carbons (Fsp3) is 0.400. The SMILES string of the molecule is COc1cc(C)c(S(=O)(=O)N2CCN(c3cc(Cl)ccc3C)CC2)cc1C. The molecule has 0 aliphatic carbocycles. The Kier molecular flexibility index (Phi) is 5.70. The van der Waals surface area contributed by atoms with Gasteiger partial charge in [-0.3, -0.25) is 0 Å². The van der Waals surface area contributed by atoms with Crippen molar-refractivity contribution in [2.75, 3.05) is 38.2 Å². The molecular formula is C20H25ClN2O3S. The number of hydrogen-bond donors (Lipinski definition) is 0. The average molecular weight is 409 g/mol. The zero-order valence-corrected chi connectivity index (χ0v) is 17.7. The molecular weight excluding hydrogens is 384 g/mol. The van der Waals surface area contributed by atoms with Gasteiger partial charge in [-0.15, -0.1) is 0 Å². The third-order valence-electron chi connectivity index (χ3n) is 5.06. The molecule has 0 amide bonds. The van der Waals surface area contributed by atoms with Crippen molar-refractivity contribution >= 4 is 27.3 Å². The van der Waals surface area contributed by atoms with Crippen LogP contribution in [0.1, 0.15) is 16.7 Å². The molecule has 0 spiro atoms. The van der Waals surface area contributed by atoms with Crippen LogP contribution in [0.25, 0.3) is 0 Å². The minimum atomic E-state index is -3.54. The van der Waals surface area contributed by atoms with Crippen LogP contribution in [-0.4, -0.2) is 46.0 Å². The zero-order chi connectivity index (χ0) is 19.8. The maximum absolute atomic E-state index is 13.2. The summed E-state index contributed by atoms with van der Waals surface area (Å²) in [5, 5.41) is 0.690. The number of halogens is 1. The summed E-state index contributed by atoms with van der Waals surface area (Å²) < 4.78 is 33.2. The minimum absolute atomic E-state index is 0.355. The Balaban J connectivity index is 1.81. The first-order valence-electron chi connectivity index (χ1n) is 8.90. The van der Waals surface area contributed by atoms with Crippen LogP contribution in [0.15, 0.2) is 35.2 Å². The molecule has 0 saturated carbocycles. The monoisotopic (exact) mass is 408 g/mol. The highest BCUT2D eigenvalue weighted by Gasteiger charge is 2.30. The van der Waals surface area contributed by atoms with Gasteiger partial charge in [0.25, 0.3) is 0 Å². The molecule has 0 bridgehead atoms. The lowest BCUT2D eigenvalue weighted by molar-refractivity contribution is 0.384. The lowest BCUT2D eigenvalue weighted by Gasteiger charge is -2.36. The van der Waals surface area contributed by atoms with E-state index in [1.54, 1.807) is 30.5 Å². The predicted molar refractivity (Wildman–Crippen MR) is 110 cm³/mol. The maximum Gasteiger partial charge on any atom is 0.243 e. The first kappa shape index (κ1) is 20.0. The second-order valence-corrected chi connectivity index (χ2v) is 9.25. The molecule has 146 valence electrons. The zero-order valence-electron chi connectivity index (χ0n) is 16.1. The summed E-state index contributed by atoms with van der Waals surface area (Å²) in [7, 11) is -1.95. The van der Waals surface area contributed by atoms with Gasteiger partial charge in [0.15, 0.2) is 0 Å². The number of anilines is 1. The predicted octanol–water partition coefficient (Wildman–Crippen LogP) is 3.78. The number of piperazine rings is 1. The van der Waals surface area contributed by atoms with E-state index in [-0.39, 0.29) is 0 Å². The number of ether oxygens (including phenoxy) is 1. The Morgan fingerprint density at radius 2 is 1.59 bits per heavy atom. The van der Waals surface area contributed by atoms with E-state index in [1.165, 1.54) is 0 Å². The van der Waals surface area contributed by atoms with Gasteiger partial charge in [-0.1, -0.05) is 17.7 Å². The quantitative estimate of drug-likeness (QED) is 0.772. The van der Waals surface area contributed by atoms with Crippen LogP contribution in [0.5, 0.6) is 5.75 Å². The van der Waals surface area contributed by atoms with Gasteiger partial charge in [0.1, 0.15) is 5.75 Å². The summed E-state index contributed by atoms with van der Waals surface area (Å²) in [6.45, 7) is 7.86. The Labute approximate surface area is 166 Å². The van der Waals surface area contributed by atoms with Crippen molar-refractivity contribution in [1.82, 2.24) is 4.31 Å². The minimum Gasteiger partial charge on any atom is -0.496 e. The normalized spacial score (nSPS) is 15.8. The molecule has 2 aromatic carbocycles. The first-order chi connectivity index (χ1) is 12.7. The van der Waals surface area contributed by atoms with E-state index in [0.29, 0.717) is 47.4 Å². The average Bonchev–Trinajstić information content (AvgIpc) is 2.65. The molecule has 0 atom stereocenters. The molecule has 0 unspecified atom stereocenters. The Morgan fingerprint density at radius 1 is 0.926 bits per heavy atom. The first-order valence-corrected chi connectivity index (χ1v) is 10.7. The molecule has 2 aromatic rings.